The first kappa shape index (κ1) is 18.6. The number of rotatable bonds is 6. The lowest BCUT2D eigenvalue weighted by atomic mass is 10.2. The quantitative estimate of drug-likeness (QED) is 0.429. The van der Waals surface area contributed by atoms with Crippen molar-refractivity contribution in [2.45, 2.75) is 0 Å². The van der Waals surface area contributed by atoms with E-state index in [1.165, 1.54) is 24.3 Å². The Hall–Kier alpha value is -4.15. The molecule has 28 heavy (non-hydrogen) atoms. The zero-order valence-electron chi connectivity index (χ0n) is 13.9. The zero-order valence-corrected chi connectivity index (χ0v) is 13.9. The lowest BCUT2D eigenvalue weighted by Gasteiger charge is -2.11. The van der Waals surface area contributed by atoms with Crippen molar-refractivity contribution >= 4 is 34.7 Å². The van der Waals surface area contributed by atoms with Crippen LogP contribution in [0, 0.1) is 21.7 Å². The fraction of sp³-hybridized carbons (Fsp3) is 0. The number of anilines is 4. The van der Waals surface area contributed by atoms with Crippen LogP contribution in [0.5, 0.6) is 0 Å². The van der Waals surface area contributed by atoms with Crippen LogP contribution in [0.4, 0.5) is 37.5 Å². The van der Waals surface area contributed by atoms with Crippen LogP contribution in [0.15, 0.2) is 48.8 Å². The average molecular weight is 387 g/mol. The lowest BCUT2D eigenvalue weighted by Crippen LogP contribution is -2.06. The number of hydrogen-bond acceptors (Lipinski definition) is 7. The molecule has 9 nitrogen and oxygen atoms in total. The van der Waals surface area contributed by atoms with Crippen LogP contribution >= 0.6 is 0 Å². The minimum absolute atomic E-state index is 0.0340. The first-order chi connectivity index (χ1) is 13.3. The van der Waals surface area contributed by atoms with Crippen molar-refractivity contribution < 1.29 is 23.6 Å². The van der Waals surface area contributed by atoms with Gasteiger partial charge in [-0.05, 0) is 36.4 Å². The number of halogens is 2. The van der Waals surface area contributed by atoms with Crippen LogP contribution in [0.25, 0.3) is 0 Å². The number of carboxylic acids is 1. The van der Waals surface area contributed by atoms with Gasteiger partial charge in [-0.3, -0.25) is 10.1 Å². The molecule has 0 spiro atoms. The Morgan fingerprint density at radius 3 is 2.29 bits per heavy atom. The van der Waals surface area contributed by atoms with Crippen molar-refractivity contribution in [3.05, 3.63) is 76.1 Å². The summed E-state index contributed by atoms with van der Waals surface area (Å²) in [5, 5.41) is 25.5. The van der Waals surface area contributed by atoms with E-state index in [1.54, 1.807) is 0 Å². The third kappa shape index (κ3) is 3.98. The van der Waals surface area contributed by atoms with E-state index in [4.69, 9.17) is 5.11 Å². The number of nitrogens with zero attached hydrogens (tertiary/aromatic N) is 3. The van der Waals surface area contributed by atoms with Gasteiger partial charge in [0.25, 0.3) is 0 Å². The summed E-state index contributed by atoms with van der Waals surface area (Å²) in [6, 6.07) is 8.01. The molecule has 2 aromatic carbocycles. The molecular weight excluding hydrogens is 376 g/mol. The molecule has 0 bridgehead atoms. The van der Waals surface area contributed by atoms with E-state index in [1.807, 2.05) is 0 Å². The molecule has 1 heterocycles. The van der Waals surface area contributed by atoms with Crippen LogP contribution in [0.3, 0.4) is 0 Å². The molecule has 1 aromatic heterocycles. The topological polar surface area (TPSA) is 130 Å². The molecule has 0 aliphatic heterocycles. The lowest BCUT2D eigenvalue weighted by molar-refractivity contribution is -0.383. The molecule has 0 saturated carbocycles. The van der Waals surface area contributed by atoms with Crippen LogP contribution in [-0.4, -0.2) is 26.0 Å². The van der Waals surface area contributed by atoms with Crippen LogP contribution in [0.1, 0.15) is 10.4 Å². The minimum Gasteiger partial charge on any atom is -0.478 e. The summed E-state index contributed by atoms with van der Waals surface area (Å²) in [6.45, 7) is 0. The van der Waals surface area contributed by atoms with Crippen LogP contribution in [-0.2, 0) is 0 Å². The fourth-order valence-electron chi connectivity index (χ4n) is 2.29. The molecule has 3 aromatic rings. The molecule has 0 fully saturated rings. The van der Waals surface area contributed by atoms with E-state index in [9.17, 15) is 23.7 Å². The maximum atomic E-state index is 13.8. The second-order valence-electron chi connectivity index (χ2n) is 5.43. The van der Waals surface area contributed by atoms with E-state index < -0.39 is 28.2 Å². The standard InChI is InChI=1S/C17H11F2N5O4/c18-10-3-6-12(19)13(7-10)23-16-14(24(27)28)15(20-8-21-16)22-11-4-1-9(2-5-11)17(25)26/h1-8H,(H,25,26)(H2,20,21,22,23). The predicted octanol–water partition coefficient (Wildman–Crippen LogP) is 3.85. The number of nitrogens with one attached hydrogen (secondary N) is 2. The molecule has 0 atom stereocenters. The first-order valence-electron chi connectivity index (χ1n) is 7.67. The molecule has 3 N–H and O–H groups in total. The highest BCUT2D eigenvalue weighted by Gasteiger charge is 2.24. The second-order valence-corrected chi connectivity index (χ2v) is 5.43. The highest BCUT2D eigenvalue weighted by atomic mass is 19.1. The van der Waals surface area contributed by atoms with Gasteiger partial charge in [-0.15, -0.1) is 0 Å². The summed E-state index contributed by atoms with van der Waals surface area (Å²) in [7, 11) is 0. The number of aromatic carboxylic acids is 1. The Bertz CT molecular complexity index is 1060. The Labute approximate surface area is 155 Å². The Kier molecular flexibility index (Phi) is 5.07. The van der Waals surface area contributed by atoms with Crippen molar-refractivity contribution in [3.63, 3.8) is 0 Å². The van der Waals surface area contributed by atoms with Gasteiger partial charge in [0.05, 0.1) is 16.2 Å². The average Bonchev–Trinajstić information content (AvgIpc) is 2.65. The maximum Gasteiger partial charge on any atom is 0.353 e. The van der Waals surface area contributed by atoms with E-state index in [0.717, 1.165) is 24.5 Å². The number of benzene rings is 2. The first-order valence-corrected chi connectivity index (χ1v) is 7.67. The van der Waals surface area contributed by atoms with Gasteiger partial charge in [-0.25, -0.2) is 23.5 Å². The Morgan fingerprint density at radius 1 is 1.04 bits per heavy atom. The summed E-state index contributed by atoms with van der Waals surface area (Å²) < 4.78 is 27.2. The molecule has 0 aliphatic rings. The van der Waals surface area contributed by atoms with Crippen molar-refractivity contribution in [3.8, 4) is 0 Å². The minimum atomic E-state index is -1.12. The van der Waals surface area contributed by atoms with Crippen molar-refractivity contribution in [2.75, 3.05) is 10.6 Å². The molecular formula is C17H11F2N5O4. The molecule has 11 heteroatoms. The van der Waals surface area contributed by atoms with E-state index in [-0.39, 0.29) is 22.9 Å². The number of carboxylic acid groups (broad SMARTS) is 1. The SMILES string of the molecule is O=C(O)c1ccc(Nc2ncnc(Nc3cc(F)ccc3F)c2[N+](=O)[O-])cc1. The van der Waals surface area contributed by atoms with Crippen molar-refractivity contribution in [1.82, 2.24) is 9.97 Å². The van der Waals surface area contributed by atoms with Gasteiger partial charge in [0.2, 0.25) is 11.6 Å². The molecule has 0 aliphatic carbocycles. The van der Waals surface area contributed by atoms with Gasteiger partial charge < -0.3 is 15.7 Å². The smallest absolute Gasteiger partial charge is 0.353 e. The molecule has 3 rings (SSSR count). The van der Waals surface area contributed by atoms with Crippen LogP contribution in [0.2, 0.25) is 0 Å². The predicted molar refractivity (Wildman–Crippen MR) is 95.0 cm³/mol. The van der Waals surface area contributed by atoms with Crippen molar-refractivity contribution in [1.29, 1.82) is 0 Å². The maximum absolute atomic E-state index is 13.8. The molecule has 0 unspecified atom stereocenters. The Morgan fingerprint density at radius 2 is 1.68 bits per heavy atom. The third-order valence-corrected chi connectivity index (χ3v) is 3.58. The summed E-state index contributed by atoms with van der Waals surface area (Å²) in [5.41, 5.74) is -0.576. The summed E-state index contributed by atoms with van der Waals surface area (Å²) in [5.74, 6) is -3.26. The number of aromatic nitrogens is 2. The summed E-state index contributed by atoms with van der Waals surface area (Å²) in [6.07, 6.45) is 1.00. The van der Waals surface area contributed by atoms with Gasteiger partial charge in [0.15, 0.2) is 0 Å². The second kappa shape index (κ2) is 7.61. The highest BCUT2D eigenvalue weighted by Crippen LogP contribution is 2.33. The van der Waals surface area contributed by atoms with Crippen molar-refractivity contribution in [2.24, 2.45) is 0 Å². The van der Waals surface area contributed by atoms with E-state index >= 15 is 0 Å². The van der Waals surface area contributed by atoms with Crippen LogP contribution < -0.4 is 10.6 Å². The third-order valence-electron chi connectivity index (χ3n) is 3.58. The summed E-state index contributed by atoms with van der Waals surface area (Å²) >= 11 is 0. The zero-order chi connectivity index (χ0) is 20.3. The van der Waals surface area contributed by atoms with E-state index in [0.29, 0.717) is 5.69 Å². The van der Waals surface area contributed by atoms with Gasteiger partial charge in [-0.1, -0.05) is 0 Å². The normalized spacial score (nSPS) is 10.4. The summed E-state index contributed by atoms with van der Waals surface area (Å²) in [4.78, 5) is 29.2. The van der Waals surface area contributed by atoms with Gasteiger partial charge in [0, 0.05) is 11.8 Å². The number of hydrogen-bond donors (Lipinski definition) is 3. The highest BCUT2D eigenvalue weighted by molar-refractivity contribution is 5.88. The molecule has 142 valence electrons. The molecule has 0 radical (unpaired) electrons. The monoisotopic (exact) mass is 387 g/mol. The fourth-order valence-corrected chi connectivity index (χ4v) is 2.29. The van der Waals surface area contributed by atoms with Gasteiger partial charge in [-0.2, -0.15) is 0 Å². The number of carbonyl (C=O) groups is 1. The molecule has 0 saturated heterocycles. The van der Waals surface area contributed by atoms with Gasteiger partial charge >= 0.3 is 11.7 Å². The largest absolute Gasteiger partial charge is 0.478 e. The Balaban J connectivity index is 1.96. The van der Waals surface area contributed by atoms with Gasteiger partial charge in [0.1, 0.15) is 18.0 Å². The number of nitro groups is 1. The van der Waals surface area contributed by atoms with E-state index in [2.05, 4.69) is 20.6 Å². The molecule has 0 amide bonds.